The first-order valence-electron chi connectivity index (χ1n) is 8.21. The monoisotopic (exact) mass is 416 g/mol. The van der Waals surface area contributed by atoms with Crippen LogP contribution in [0.3, 0.4) is 0 Å². The molecule has 0 radical (unpaired) electrons. The minimum absolute atomic E-state index is 0. The third-order valence-electron chi connectivity index (χ3n) is 4.24. The lowest BCUT2D eigenvalue weighted by atomic mass is 9.97. The average molecular weight is 417 g/mol. The summed E-state index contributed by atoms with van der Waals surface area (Å²) in [4.78, 5) is 48.4. The zero-order valence-electron chi connectivity index (χ0n) is 15.0. The summed E-state index contributed by atoms with van der Waals surface area (Å²) in [6.07, 6.45) is -0.0882. The summed E-state index contributed by atoms with van der Waals surface area (Å²) in [6, 6.07) is 10.7. The van der Waals surface area contributed by atoms with Crippen LogP contribution in [0.25, 0.3) is 0 Å². The lowest BCUT2D eigenvalue weighted by Gasteiger charge is -2.25. The number of anilines is 1. The minimum Gasteiger partial charge on any atom is -0.480 e. The van der Waals surface area contributed by atoms with Gasteiger partial charge in [0.1, 0.15) is 12.4 Å². The van der Waals surface area contributed by atoms with Gasteiger partial charge >= 0.3 is 5.97 Å². The Balaban J connectivity index is 0.00000300. The lowest BCUT2D eigenvalue weighted by molar-refractivity contribution is -0.142. The van der Waals surface area contributed by atoms with E-state index >= 15 is 0 Å². The summed E-state index contributed by atoms with van der Waals surface area (Å²) in [5.74, 6) is -3.13. The third-order valence-corrected chi connectivity index (χ3v) is 4.24. The Morgan fingerprint density at radius 2 is 1.72 bits per heavy atom. The fourth-order valence-electron chi connectivity index (χ4n) is 2.82. The maximum absolute atomic E-state index is 12.5. The van der Waals surface area contributed by atoms with Gasteiger partial charge in [-0.15, -0.1) is 12.4 Å². The molecule has 10 heteroatoms. The first-order valence-corrected chi connectivity index (χ1v) is 8.21. The molecule has 0 unspecified atom stereocenters. The summed E-state index contributed by atoms with van der Waals surface area (Å²) >= 11 is 0. The molecule has 0 saturated heterocycles. The number of fused-ring (bicyclic) bond motifs is 1. The van der Waals surface area contributed by atoms with Crippen molar-refractivity contribution in [3.8, 4) is 0 Å². The SMILES string of the molecule is Cl.N=C(N)c1ccc(C(=O)Nc2ccc3c(c2)C(=O)N(CC(=O)O)C(=O)C3)cc1. The second-order valence-electron chi connectivity index (χ2n) is 6.17. The standard InChI is InChI=1S/C19H16N4O5.ClH/c20-17(21)10-1-3-11(4-2-10)18(27)22-13-6-5-12-7-15(24)23(9-16(25)26)19(28)14(12)8-13;/h1-6,8H,7,9H2,(H3,20,21)(H,22,27)(H,25,26);1H. The van der Waals surface area contributed by atoms with E-state index in [2.05, 4.69) is 5.32 Å². The number of hydrogen-bond acceptors (Lipinski definition) is 5. The summed E-state index contributed by atoms with van der Waals surface area (Å²) < 4.78 is 0. The molecular weight excluding hydrogens is 400 g/mol. The number of amides is 3. The highest BCUT2D eigenvalue weighted by atomic mass is 35.5. The molecule has 0 aliphatic carbocycles. The van der Waals surface area contributed by atoms with Crippen LogP contribution in [0.15, 0.2) is 42.5 Å². The first kappa shape index (κ1) is 21.6. The fourth-order valence-corrected chi connectivity index (χ4v) is 2.82. The molecule has 0 atom stereocenters. The van der Waals surface area contributed by atoms with Crippen molar-refractivity contribution in [2.75, 3.05) is 11.9 Å². The number of hydrogen-bond donors (Lipinski definition) is 4. The number of carboxylic acids is 1. The van der Waals surface area contributed by atoms with Gasteiger partial charge in [0, 0.05) is 22.4 Å². The Labute approximate surface area is 171 Å². The van der Waals surface area contributed by atoms with E-state index in [0.29, 0.717) is 27.3 Å². The summed E-state index contributed by atoms with van der Waals surface area (Å²) in [5, 5.41) is 18.9. The minimum atomic E-state index is -1.29. The smallest absolute Gasteiger partial charge is 0.323 e. The Morgan fingerprint density at radius 1 is 1.10 bits per heavy atom. The van der Waals surface area contributed by atoms with Crippen molar-refractivity contribution in [1.29, 1.82) is 5.41 Å². The quantitative estimate of drug-likeness (QED) is 0.327. The maximum Gasteiger partial charge on any atom is 0.323 e. The summed E-state index contributed by atoms with van der Waals surface area (Å²) in [7, 11) is 0. The molecule has 150 valence electrons. The summed E-state index contributed by atoms with van der Waals surface area (Å²) in [5.41, 5.74) is 7.17. The normalized spacial score (nSPS) is 12.6. The van der Waals surface area contributed by atoms with Crippen LogP contribution in [-0.2, 0) is 16.0 Å². The largest absolute Gasteiger partial charge is 0.480 e. The number of carboxylic acid groups (broad SMARTS) is 1. The highest BCUT2D eigenvalue weighted by Crippen LogP contribution is 2.24. The molecule has 0 bridgehead atoms. The Kier molecular flexibility index (Phi) is 6.35. The fraction of sp³-hybridized carbons (Fsp3) is 0.105. The zero-order valence-corrected chi connectivity index (χ0v) is 15.8. The van der Waals surface area contributed by atoms with E-state index in [4.69, 9.17) is 16.2 Å². The second-order valence-corrected chi connectivity index (χ2v) is 6.17. The molecule has 1 heterocycles. The van der Waals surface area contributed by atoms with E-state index in [1.807, 2.05) is 0 Å². The maximum atomic E-state index is 12.5. The Hall–Kier alpha value is -3.72. The Bertz CT molecular complexity index is 1020. The second kappa shape index (κ2) is 8.53. The number of benzene rings is 2. The van der Waals surface area contributed by atoms with Crippen molar-refractivity contribution in [1.82, 2.24) is 4.90 Å². The van der Waals surface area contributed by atoms with Crippen LogP contribution in [0.1, 0.15) is 31.8 Å². The topological polar surface area (TPSA) is 154 Å². The van der Waals surface area contributed by atoms with Crippen molar-refractivity contribution in [3.05, 3.63) is 64.7 Å². The van der Waals surface area contributed by atoms with Crippen molar-refractivity contribution < 1.29 is 24.3 Å². The molecule has 2 aromatic carbocycles. The van der Waals surface area contributed by atoms with Crippen LogP contribution in [0.4, 0.5) is 5.69 Å². The molecule has 3 amide bonds. The van der Waals surface area contributed by atoms with Gasteiger partial charge in [-0.1, -0.05) is 18.2 Å². The van der Waals surface area contributed by atoms with E-state index in [9.17, 15) is 19.2 Å². The molecular formula is C19H17ClN4O5. The van der Waals surface area contributed by atoms with Crippen molar-refractivity contribution in [2.24, 2.45) is 5.73 Å². The number of nitrogen functional groups attached to an aromatic ring is 1. The number of nitrogens with two attached hydrogens (primary N) is 1. The van der Waals surface area contributed by atoms with Gasteiger partial charge in [0.15, 0.2) is 0 Å². The highest BCUT2D eigenvalue weighted by molar-refractivity contribution is 6.12. The zero-order chi connectivity index (χ0) is 20.4. The molecule has 2 aromatic rings. The van der Waals surface area contributed by atoms with Gasteiger partial charge in [-0.05, 0) is 29.8 Å². The number of nitrogens with zero attached hydrogens (tertiary/aromatic N) is 1. The van der Waals surface area contributed by atoms with Gasteiger partial charge in [-0.25, -0.2) is 0 Å². The van der Waals surface area contributed by atoms with E-state index in [-0.39, 0.29) is 30.2 Å². The number of carbonyl (C=O) groups excluding carboxylic acids is 3. The van der Waals surface area contributed by atoms with Crippen LogP contribution in [0.5, 0.6) is 0 Å². The van der Waals surface area contributed by atoms with Crippen LogP contribution in [0.2, 0.25) is 0 Å². The van der Waals surface area contributed by atoms with Gasteiger partial charge in [0.05, 0.1) is 6.42 Å². The molecule has 9 nitrogen and oxygen atoms in total. The number of aliphatic carboxylic acids is 1. The molecule has 3 rings (SSSR count). The van der Waals surface area contributed by atoms with Gasteiger partial charge in [-0.3, -0.25) is 29.5 Å². The molecule has 0 aromatic heterocycles. The van der Waals surface area contributed by atoms with E-state index in [1.54, 1.807) is 24.3 Å². The van der Waals surface area contributed by atoms with Gasteiger partial charge in [0.25, 0.3) is 11.8 Å². The van der Waals surface area contributed by atoms with Gasteiger partial charge < -0.3 is 16.2 Å². The molecule has 0 fully saturated rings. The van der Waals surface area contributed by atoms with Crippen molar-refractivity contribution in [2.45, 2.75) is 6.42 Å². The van der Waals surface area contributed by atoms with Gasteiger partial charge in [-0.2, -0.15) is 0 Å². The predicted octanol–water partition coefficient (Wildman–Crippen LogP) is 1.25. The Morgan fingerprint density at radius 3 is 2.31 bits per heavy atom. The van der Waals surface area contributed by atoms with Crippen LogP contribution < -0.4 is 11.1 Å². The number of imide groups is 1. The first-order chi connectivity index (χ1) is 13.3. The average Bonchev–Trinajstić information content (AvgIpc) is 2.65. The van der Waals surface area contributed by atoms with Crippen LogP contribution in [-0.4, -0.2) is 46.1 Å². The van der Waals surface area contributed by atoms with Crippen LogP contribution >= 0.6 is 12.4 Å². The lowest BCUT2D eigenvalue weighted by Crippen LogP contribution is -2.45. The number of carbonyl (C=O) groups is 4. The molecule has 1 aliphatic rings. The van der Waals surface area contributed by atoms with E-state index in [1.165, 1.54) is 18.2 Å². The van der Waals surface area contributed by atoms with E-state index in [0.717, 1.165) is 0 Å². The van der Waals surface area contributed by atoms with Crippen molar-refractivity contribution >= 4 is 47.6 Å². The molecule has 0 spiro atoms. The van der Waals surface area contributed by atoms with E-state index < -0.39 is 30.2 Å². The van der Waals surface area contributed by atoms with Gasteiger partial charge in [0.2, 0.25) is 5.91 Å². The molecule has 0 saturated carbocycles. The summed E-state index contributed by atoms with van der Waals surface area (Å²) in [6.45, 7) is -0.712. The number of nitrogens with one attached hydrogen (secondary N) is 2. The molecule has 5 N–H and O–H groups in total. The number of rotatable bonds is 5. The van der Waals surface area contributed by atoms with Crippen LogP contribution in [0, 0.1) is 5.41 Å². The molecule has 29 heavy (non-hydrogen) atoms. The molecule has 1 aliphatic heterocycles. The third kappa shape index (κ3) is 4.58. The number of halogens is 1. The number of amidine groups is 1. The van der Waals surface area contributed by atoms with Crippen molar-refractivity contribution in [3.63, 3.8) is 0 Å². The predicted molar refractivity (Wildman–Crippen MR) is 106 cm³/mol. The highest BCUT2D eigenvalue weighted by Gasteiger charge is 2.32.